The van der Waals surface area contributed by atoms with Gasteiger partial charge in [0.2, 0.25) is 0 Å². The van der Waals surface area contributed by atoms with E-state index in [1.54, 1.807) is 55.4 Å². The Kier molecular flexibility index (Phi) is 11.5. The molecule has 0 radical (unpaired) electrons. The first kappa shape index (κ1) is 26.9. The minimum absolute atomic E-state index is 0.420. The second-order valence-electron chi connectivity index (χ2n) is 7.25. The van der Waals surface area contributed by atoms with E-state index in [1.807, 2.05) is 0 Å². The Labute approximate surface area is 173 Å². The number of hydrogen-bond acceptors (Lipinski definition) is 8. The third-order valence-corrected chi connectivity index (χ3v) is 4.76. The third kappa shape index (κ3) is 7.01. The van der Waals surface area contributed by atoms with E-state index in [1.165, 1.54) is 0 Å². The highest BCUT2D eigenvalue weighted by Crippen LogP contribution is 2.30. The van der Waals surface area contributed by atoms with Crippen molar-refractivity contribution in [3.8, 4) is 0 Å². The molecule has 0 saturated heterocycles. The number of carbonyl (C=O) groups excluding carboxylic acids is 4. The monoisotopic (exact) mass is 416 g/mol. The molecule has 0 rings (SSSR count). The zero-order chi connectivity index (χ0) is 22.8. The van der Waals surface area contributed by atoms with Crippen LogP contribution < -0.4 is 0 Å². The van der Waals surface area contributed by atoms with Crippen LogP contribution in [0.2, 0.25) is 0 Å². The lowest BCUT2D eigenvalue weighted by atomic mass is 9.87. The molecule has 0 fully saturated rings. The summed E-state index contributed by atoms with van der Waals surface area (Å²) in [6, 6.07) is 0. The van der Waals surface area contributed by atoms with Gasteiger partial charge in [-0.3, -0.25) is 0 Å². The van der Waals surface area contributed by atoms with Crippen LogP contribution in [0.1, 0.15) is 81.1 Å². The van der Waals surface area contributed by atoms with Crippen LogP contribution in [0, 0.1) is 5.41 Å². The maximum absolute atomic E-state index is 13.0. The Balaban J connectivity index is 6.42. The fourth-order valence-corrected chi connectivity index (χ4v) is 1.92. The molecule has 0 aliphatic heterocycles. The summed E-state index contributed by atoms with van der Waals surface area (Å²) in [4.78, 5) is 52.2. The lowest BCUT2D eigenvalue weighted by molar-refractivity contribution is -0.199. The van der Waals surface area contributed by atoms with E-state index in [0.717, 1.165) is 0 Å². The molecule has 168 valence electrons. The standard InChI is InChI=1S/C21H36O8/c1-9-13(5)26-17(22)21(18(23)27-14(6)10-2,19(24)28-15(7)11-3)20(25)29-16(8)12-4/h13-16H,9-12H2,1-8H3. The van der Waals surface area contributed by atoms with Crippen LogP contribution in [0.4, 0.5) is 0 Å². The van der Waals surface area contributed by atoms with Gasteiger partial charge >= 0.3 is 29.3 Å². The summed E-state index contributed by atoms with van der Waals surface area (Å²) in [6.07, 6.45) is -0.854. The van der Waals surface area contributed by atoms with Crippen LogP contribution in [0.15, 0.2) is 0 Å². The first-order valence-corrected chi connectivity index (χ1v) is 10.3. The topological polar surface area (TPSA) is 105 Å². The maximum atomic E-state index is 13.0. The Morgan fingerprint density at radius 1 is 0.517 bits per heavy atom. The van der Waals surface area contributed by atoms with Gasteiger partial charge in [0.15, 0.2) is 0 Å². The third-order valence-electron chi connectivity index (χ3n) is 4.76. The van der Waals surface area contributed by atoms with E-state index in [4.69, 9.17) is 18.9 Å². The molecule has 0 N–H and O–H groups in total. The molecule has 0 aromatic heterocycles. The van der Waals surface area contributed by atoms with Gasteiger partial charge < -0.3 is 18.9 Å². The lowest BCUT2D eigenvalue weighted by Crippen LogP contribution is -2.57. The summed E-state index contributed by atoms with van der Waals surface area (Å²) >= 11 is 0. The van der Waals surface area contributed by atoms with Crippen molar-refractivity contribution in [3.05, 3.63) is 0 Å². The van der Waals surface area contributed by atoms with Crippen molar-refractivity contribution in [1.29, 1.82) is 0 Å². The average Bonchev–Trinajstić information content (AvgIpc) is 2.67. The van der Waals surface area contributed by atoms with Gasteiger partial charge in [0.1, 0.15) is 0 Å². The molecule has 0 aromatic carbocycles. The smallest absolute Gasteiger partial charge is 0.355 e. The molecule has 8 nitrogen and oxygen atoms in total. The Bertz CT molecular complexity index is 470. The van der Waals surface area contributed by atoms with Gasteiger partial charge in [-0.1, -0.05) is 27.7 Å². The first-order valence-electron chi connectivity index (χ1n) is 10.3. The van der Waals surface area contributed by atoms with Crippen LogP contribution in [-0.4, -0.2) is 48.3 Å². The molecule has 29 heavy (non-hydrogen) atoms. The van der Waals surface area contributed by atoms with E-state index in [-0.39, 0.29) is 0 Å². The summed E-state index contributed by atoms with van der Waals surface area (Å²) in [5.74, 6) is -5.38. The van der Waals surface area contributed by atoms with Gasteiger partial charge in [-0.2, -0.15) is 0 Å². The highest BCUT2D eigenvalue weighted by Gasteiger charge is 2.66. The average molecular weight is 417 g/mol. The Morgan fingerprint density at radius 3 is 0.828 bits per heavy atom. The predicted molar refractivity (Wildman–Crippen MR) is 106 cm³/mol. The highest BCUT2D eigenvalue weighted by atomic mass is 16.6. The maximum Gasteiger partial charge on any atom is 0.355 e. The van der Waals surface area contributed by atoms with Gasteiger partial charge in [0, 0.05) is 0 Å². The van der Waals surface area contributed by atoms with E-state index >= 15 is 0 Å². The molecule has 0 amide bonds. The molecule has 8 heteroatoms. The summed E-state index contributed by atoms with van der Waals surface area (Å²) in [5.41, 5.74) is -2.99. The minimum Gasteiger partial charge on any atom is -0.461 e. The lowest BCUT2D eigenvalue weighted by Gasteiger charge is -2.29. The van der Waals surface area contributed by atoms with E-state index in [9.17, 15) is 19.2 Å². The largest absolute Gasteiger partial charge is 0.461 e. The second kappa shape index (κ2) is 12.4. The molecule has 4 atom stereocenters. The molecule has 0 aromatic rings. The van der Waals surface area contributed by atoms with Gasteiger partial charge in [-0.05, 0) is 53.4 Å². The van der Waals surface area contributed by atoms with Crippen molar-refractivity contribution in [1.82, 2.24) is 0 Å². The van der Waals surface area contributed by atoms with Crippen molar-refractivity contribution >= 4 is 23.9 Å². The summed E-state index contributed by atoms with van der Waals surface area (Å²) in [6.45, 7) is 13.4. The zero-order valence-electron chi connectivity index (χ0n) is 18.9. The quantitative estimate of drug-likeness (QED) is 0.271. The van der Waals surface area contributed by atoms with E-state index < -0.39 is 53.7 Å². The van der Waals surface area contributed by atoms with Crippen LogP contribution in [-0.2, 0) is 38.1 Å². The molecule has 4 unspecified atom stereocenters. The van der Waals surface area contributed by atoms with Crippen molar-refractivity contribution in [3.63, 3.8) is 0 Å². The molecular weight excluding hydrogens is 380 g/mol. The molecule has 0 aliphatic rings. The number of hydrogen-bond donors (Lipinski definition) is 0. The number of rotatable bonds is 12. The molecule has 0 aliphatic carbocycles. The van der Waals surface area contributed by atoms with E-state index in [0.29, 0.717) is 25.7 Å². The molecule has 0 heterocycles. The Morgan fingerprint density at radius 2 is 0.690 bits per heavy atom. The molecule has 0 saturated carbocycles. The van der Waals surface area contributed by atoms with Crippen molar-refractivity contribution < 1.29 is 38.1 Å². The predicted octanol–water partition coefficient (Wildman–Crippen LogP) is 3.34. The summed E-state index contributed by atoms with van der Waals surface area (Å²) in [7, 11) is 0. The van der Waals surface area contributed by atoms with Crippen LogP contribution in [0.3, 0.4) is 0 Å². The fraction of sp³-hybridized carbons (Fsp3) is 0.810. The van der Waals surface area contributed by atoms with Crippen LogP contribution in [0.25, 0.3) is 0 Å². The molecular formula is C21H36O8. The molecule has 0 bridgehead atoms. The van der Waals surface area contributed by atoms with Crippen molar-refractivity contribution in [2.45, 2.75) is 105 Å². The summed E-state index contributed by atoms with van der Waals surface area (Å²) < 4.78 is 20.9. The summed E-state index contributed by atoms with van der Waals surface area (Å²) in [5, 5.41) is 0. The van der Waals surface area contributed by atoms with Gasteiger partial charge in [0.25, 0.3) is 0 Å². The number of esters is 4. The second-order valence-corrected chi connectivity index (χ2v) is 7.25. The highest BCUT2D eigenvalue weighted by molar-refractivity contribution is 6.32. The van der Waals surface area contributed by atoms with Crippen molar-refractivity contribution in [2.24, 2.45) is 5.41 Å². The van der Waals surface area contributed by atoms with Crippen LogP contribution >= 0.6 is 0 Å². The molecule has 0 spiro atoms. The van der Waals surface area contributed by atoms with Crippen molar-refractivity contribution in [2.75, 3.05) is 0 Å². The normalized spacial score (nSPS) is 17.1. The van der Waals surface area contributed by atoms with Gasteiger partial charge in [-0.25, -0.2) is 19.2 Å². The number of carbonyl (C=O) groups is 4. The minimum atomic E-state index is -2.99. The first-order chi connectivity index (χ1) is 13.5. The number of ether oxygens (including phenoxy) is 4. The van der Waals surface area contributed by atoms with E-state index in [2.05, 4.69) is 0 Å². The SMILES string of the molecule is CCC(C)OC(=O)C(C(=O)OC(C)CC)(C(=O)OC(C)CC)C(=O)OC(C)CC. The van der Waals surface area contributed by atoms with Gasteiger partial charge in [0.05, 0.1) is 24.4 Å². The Hall–Kier alpha value is -2.12. The fourth-order valence-electron chi connectivity index (χ4n) is 1.92. The van der Waals surface area contributed by atoms with Crippen LogP contribution in [0.5, 0.6) is 0 Å². The zero-order valence-corrected chi connectivity index (χ0v) is 18.9. The van der Waals surface area contributed by atoms with Gasteiger partial charge in [-0.15, -0.1) is 0 Å².